The second kappa shape index (κ2) is 6.53. The summed E-state index contributed by atoms with van der Waals surface area (Å²) in [7, 11) is 2.00. The summed E-state index contributed by atoms with van der Waals surface area (Å²) in [5.74, 6) is 0.770. The van der Waals surface area contributed by atoms with Gasteiger partial charge in [-0.25, -0.2) is 0 Å². The molecule has 4 heteroatoms. The fraction of sp³-hybridized carbons (Fsp3) is 0.800. The minimum absolute atomic E-state index is 0.107. The lowest BCUT2D eigenvalue weighted by Crippen LogP contribution is -2.42. The molecule has 0 spiro atoms. The molecule has 0 bridgehead atoms. The van der Waals surface area contributed by atoms with Gasteiger partial charge in [-0.2, -0.15) is 0 Å². The van der Waals surface area contributed by atoms with Gasteiger partial charge in [-0.15, -0.1) is 0 Å². The monoisotopic (exact) mass is 266 g/mol. The van der Waals surface area contributed by atoms with Gasteiger partial charge in [0.2, 0.25) is 5.91 Å². The summed E-state index contributed by atoms with van der Waals surface area (Å²) in [6, 6.07) is 0. The first-order valence-corrected chi connectivity index (χ1v) is 7.46. The van der Waals surface area contributed by atoms with E-state index in [1.165, 1.54) is 12.1 Å². The van der Waals surface area contributed by atoms with E-state index in [0.717, 1.165) is 38.8 Å². The van der Waals surface area contributed by atoms with E-state index in [9.17, 15) is 9.90 Å². The van der Waals surface area contributed by atoms with Crippen LogP contribution in [0.3, 0.4) is 0 Å². The van der Waals surface area contributed by atoms with Crippen LogP contribution in [0.2, 0.25) is 0 Å². The molecule has 2 aliphatic rings. The minimum Gasteiger partial charge on any atom is -0.393 e. The first kappa shape index (κ1) is 14.5. The molecule has 2 rings (SSSR count). The van der Waals surface area contributed by atoms with Gasteiger partial charge in [0, 0.05) is 18.8 Å². The van der Waals surface area contributed by atoms with Crippen molar-refractivity contribution >= 4 is 5.91 Å². The van der Waals surface area contributed by atoms with E-state index >= 15 is 0 Å². The first-order chi connectivity index (χ1) is 9.10. The molecule has 0 saturated heterocycles. The highest BCUT2D eigenvalue weighted by Gasteiger charge is 2.29. The minimum atomic E-state index is -0.107. The van der Waals surface area contributed by atoms with E-state index in [-0.39, 0.29) is 12.0 Å². The van der Waals surface area contributed by atoms with Crippen LogP contribution >= 0.6 is 0 Å². The summed E-state index contributed by atoms with van der Waals surface area (Å²) in [6.07, 6.45) is 7.19. The number of nitrogens with zero attached hydrogens (tertiary/aromatic N) is 2. The van der Waals surface area contributed by atoms with Crippen LogP contribution < -0.4 is 0 Å². The van der Waals surface area contributed by atoms with Crippen molar-refractivity contribution in [3.8, 4) is 0 Å². The van der Waals surface area contributed by atoms with Crippen molar-refractivity contribution in [2.45, 2.75) is 45.1 Å². The Morgan fingerprint density at radius 3 is 2.74 bits per heavy atom. The van der Waals surface area contributed by atoms with Crippen molar-refractivity contribution in [1.29, 1.82) is 0 Å². The number of amides is 1. The van der Waals surface area contributed by atoms with Crippen LogP contribution in [0, 0.1) is 5.92 Å². The van der Waals surface area contributed by atoms with Crippen LogP contribution in [0.5, 0.6) is 0 Å². The van der Waals surface area contributed by atoms with Crippen LogP contribution in [0.25, 0.3) is 0 Å². The molecule has 0 aromatic carbocycles. The van der Waals surface area contributed by atoms with Gasteiger partial charge in [-0.1, -0.05) is 6.08 Å². The summed E-state index contributed by atoms with van der Waals surface area (Å²) in [5, 5.41) is 9.28. The third-order valence-electron chi connectivity index (χ3n) is 4.17. The quantitative estimate of drug-likeness (QED) is 0.794. The summed E-state index contributed by atoms with van der Waals surface area (Å²) >= 11 is 0. The van der Waals surface area contributed by atoms with Crippen molar-refractivity contribution in [2.24, 2.45) is 5.92 Å². The highest BCUT2D eigenvalue weighted by molar-refractivity contribution is 5.80. The molecule has 0 atom stereocenters. The van der Waals surface area contributed by atoms with Crippen molar-refractivity contribution in [3.05, 3.63) is 11.8 Å². The lowest BCUT2D eigenvalue weighted by atomic mass is 9.82. The van der Waals surface area contributed by atoms with E-state index in [4.69, 9.17) is 0 Å². The number of likely N-dealkylation sites (N-methyl/N-ethyl adjacent to an activating group) is 2. The normalized spacial score (nSPS) is 26.2. The van der Waals surface area contributed by atoms with Gasteiger partial charge in [0.1, 0.15) is 0 Å². The molecule has 19 heavy (non-hydrogen) atoms. The Morgan fingerprint density at radius 2 is 2.21 bits per heavy atom. The molecule has 1 amide bonds. The zero-order chi connectivity index (χ0) is 13.8. The second-order valence-electron chi connectivity index (χ2n) is 5.91. The van der Waals surface area contributed by atoms with Crippen LogP contribution in [-0.4, -0.2) is 53.6 Å². The van der Waals surface area contributed by atoms with Gasteiger partial charge in [0.05, 0.1) is 12.6 Å². The average Bonchev–Trinajstić information content (AvgIpc) is 2.81. The Labute approximate surface area is 116 Å². The molecule has 0 unspecified atom stereocenters. The maximum atomic E-state index is 12.3. The lowest BCUT2D eigenvalue weighted by Gasteiger charge is -2.35. The topological polar surface area (TPSA) is 43.8 Å². The predicted molar refractivity (Wildman–Crippen MR) is 75.5 cm³/mol. The van der Waals surface area contributed by atoms with E-state index in [0.29, 0.717) is 12.5 Å². The third-order valence-corrected chi connectivity index (χ3v) is 4.17. The summed E-state index contributed by atoms with van der Waals surface area (Å²) in [6.45, 7) is 4.21. The van der Waals surface area contributed by atoms with Crippen LogP contribution in [0.4, 0.5) is 0 Å². The number of carbonyl (C=O) groups excluding carboxylic acids is 1. The lowest BCUT2D eigenvalue weighted by molar-refractivity contribution is -0.130. The fourth-order valence-corrected chi connectivity index (χ4v) is 3.11. The van der Waals surface area contributed by atoms with E-state index < -0.39 is 0 Å². The molecule has 0 aromatic rings. The van der Waals surface area contributed by atoms with Gasteiger partial charge in [0.15, 0.2) is 0 Å². The van der Waals surface area contributed by atoms with Crippen LogP contribution in [0.15, 0.2) is 11.8 Å². The Hall–Kier alpha value is -0.870. The van der Waals surface area contributed by atoms with Crippen molar-refractivity contribution < 1.29 is 9.90 Å². The predicted octanol–water partition coefficient (Wildman–Crippen LogP) is 1.61. The van der Waals surface area contributed by atoms with E-state index in [2.05, 4.69) is 11.0 Å². The summed E-state index contributed by atoms with van der Waals surface area (Å²) < 4.78 is 0. The number of rotatable bonds is 6. The molecular formula is C15H26N2O2. The Morgan fingerprint density at radius 1 is 1.47 bits per heavy atom. The zero-order valence-corrected chi connectivity index (χ0v) is 12.1. The van der Waals surface area contributed by atoms with E-state index in [1.54, 1.807) is 0 Å². The number of hydrogen-bond acceptors (Lipinski definition) is 3. The molecule has 0 heterocycles. The molecule has 1 N–H and O–H groups in total. The molecule has 2 aliphatic carbocycles. The van der Waals surface area contributed by atoms with Gasteiger partial charge < -0.3 is 10.0 Å². The summed E-state index contributed by atoms with van der Waals surface area (Å²) in [5.41, 5.74) is 1.21. The van der Waals surface area contributed by atoms with Gasteiger partial charge >= 0.3 is 0 Å². The van der Waals surface area contributed by atoms with Crippen LogP contribution in [0.1, 0.15) is 39.0 Å². The molecule has 0 aromatic heterocycles. The standard InChI is InChI=1S/C15H26N2O2/c1-3-17(13-6-4-5-7-13)15(19)11-16(2)10-12-8-14(18)9-12/h6,12,14,18H,3-5,7-11H2,1-2H3. The average molecular weight is 266 g/mol. The Bertz CT molecular complexity index is 348. The molecule has 108 valence electrons. The number of hydrogen-bond donors (Lipinski definition) is 1. The maximum absolute atomic E-state index is 12.3. The van der Waals surface area contributed by atoms with Crippen molar-refractivity contribution in [1.82, 2.24) is 9.80 Å². The Kier molecular flexibility index (Phi) is 4.99. The van der Waals surface area contributed by atoms with Crippen LogP contribution in [-0.2, 0) is 4.79 Å². The highest BCUT2D eigenvalue weighted by Crippen LogP contribution is 2.27. The highest BCUT2D eigenvalue weighted by atomic mass is 16.3. The molecule has 0 radical (unpaired) electrons. The molecule has 4 nitrogen and oxygen atoms in total. The second-order valence-corrected chi connectivity index (χ2v) is 5.91. The zero-order valence-electron chi connectivity index (χ0n) is 12.1. The molecule has 1 saturated carbocycles. The van der Waals surface area contributed by atoms with Gasteiger partial charge in [-0.3, -0.25) is 9.69 Å². The van der Waals surface area contributed by atoms with Crippen molar-refractivity contribution in [2.75, 3.05) is 26.7 Å². The third kappa shape index (κ3) is 3.80. The smallest absolute Gasteiger partial charge is 0.240 e. The first-order valence-electron chi connectivity index (χ1n) is 7.46. The molecule has 1 fully saturated rings. The number of allylic oxidation sites excluding steroid dienone is 2. The largest absolute Gasteiger partial charge is 0.393 e. The molecule has 0 aliphatic heterocycles. The maximum Gasteiger partial charge on any atom is 0.240 e. The fourth-order valence-electron chi connectivity index (χ4n) is 3.11. The van der Waals surface area contributed by atoms with Crippen molar-refractivity contribution in [3.63, 3.8) is 0 Å². The molecular weight excluding hydrogens is 240 g/mol. The Balaban J connectivity index is 1.78. The van der Waals surface area contributed by atoms with Gasteiger partial charge in [0.25, 0.3) is 0 Å². The number of aliphatic hydroxyl groups is 1. The SMILES string of the molecule is CCN(C(=O)CN(C)CC1CC(O)C1)C1=CCCC1. The van der Waals surface area contributed by atoms with E-state index in [1.807, 2.05) is 18.9 Å². The number of aliphatic hydroxyl groups excluding tert-OH is 1. The summed E-state index contributed by atoms with van der Waals surface area (Å²) in [4.78, 5) is 16.3. The number of carbonyl (C=O) groups is 1. The van der Waals surface area contributed by atoms with Gasteiger partial charge in [-0.05, 0) is 52.0 Å².